The van der Waals surface area contributed by atoms with E-state index in [2.05, 4.69) is 22.5 Å². The maximum atomic E-state index is 9.93. The van der Waals surface area contributed by atoms with E-state index in [1.165, 1.54) is 38.6 Å². The van der Waals surface area contributed by atoms with Crippen LogP contribution in [0.1, 0.15) is 55.7 Å². The molecule has 0 aromatic heterocycles. The second-order valence-electron chi connectivity index (χ2n) is 7.84. The van der Waals surface area contributed by atoms with Gasteiger partial charge in [0.2, 0.25) is 0 Å². The zero-order valence-electron chi connectivity index (χ0n) is 16.9. The van der Waals surface area contributed by atoms with Gasteiger partial charge in [0, 0.05) is 31.7 Å². The van der Waals surface area contributed by atoms with Crippen LogP contribution in [0.25, 0.3) is 0 Å². The summed E-state index contributed by atoms with van der Waals surface area (Å²) < 4.78 is 0. The van der Waals surface area contributed by atoms with E-state index in [0.29, 0.717) is 18.3 Å². The van der Waals surface area contributed by atoms with Gasteiger partial charge in [-0.1, -0.05) is 25.0 Å². The number of nitrogens with zero attached hydrogens (tertiary/aromatic N) is 2. The van der Waals surface area contributed by atoms with Crippen molar-refractivity contribution in [3.8, 4) is 5.75 Å². The summed E-state index contributed by atoms with van der Waals surface area (Å²) in [6, 6.07) is 5.33. The first-order chi connectivity index (χ1) is 12.6. The van der Waals surface area contributed by atoms with Gasteiger partial charge in [-0.2, -0.15) is 0 Å². The number of aliphatic imine (C=N–C) groups is 1. The molecule has 1 aliphatic heterocycles. The number of guanidine groups is 1. The number of hydrogen-bond acceptors (Lipinski definition) is 3. The highest BCUT2D eigenvalue weighted by Gasteiger charge is 2.30. The van der Waals surface area contributed by atoms with E-state index in [-0.39, 0.29) is 24.0 Å². The maximum Gasteiger partial charge on any atom is 0.191 e. The molecular weight excluding hydrogens is 451 g/mol. The number of nitrogens with one attached hydrogen (secondary N) is 2. The Kier molecular flexibility index (Phi) is 8.66. The van der Waals surface area contributed by atoms with Crippen LogP contribution < -0.4 is 10.6 Å². The fraction of sp³-hybridized carbons (Fsp3) is 0.667. The first-order valence-corrected chi connectivity index (χ1v) is 10.1. The molecule has 1 aliphatic carbocycles. The molecule has 1 saturated heterocycles. The standard InChI is InChI=1S/C21H34N4O.HI/c1-4-22-21(23-13-17-11-15(2)20(26)16(3)12-17)24-18-9-10-25(14-18)19-7-5-6-8-19;/h11-12,18-19,26H,4-10,13-14H2,1-3H3,(H2,22,23,24);1H. The molecule has 1 aromatic carbocycles. The average molecular weight is 486 g/mol. The van der Waals surface area contributed by atoms with Crippen molar-refractivity contribution >= 4 is 29.9 Å². The van der Waals surface area contributed by atoms with Crippen molar-refractivity contribution in [1.82, 2.24) is 15.5 Å². The molecule has 27 heavy (non-hydrogen) atoms. The Morgan fingerprint density at radius 1 is 1.19 bits per heavy atom. The van der Waals surface area contributed by atoms with Gasteiger partial charge in [0.05, 0.1) is 6.54 Å². The highest BCUT2D eigenvalue weighted by molar-refractivity contribution is 14.0. The van der Waals surface area contributed by atoms with Crippen LogP contribution in [0.15, 0.2) is 17.1 Å². The summed E-state index contributed by atoms with van der Waals surface area (Å²) >= 11 is 0. The van der Waals surface area contributed by atoms with E-state index < -0.39 is 0 Å². The maximum absolute atomic E-state index is 9.93. The lowest BCUT2D eigenvalue weighted by Crippen LogP contribution is -2.45. The number of likely N-dealkylation sites (tertiary alicyclic amines) is 1. The van der Waals surface area contributed by atoms with Gasteiger partial charge in [-0.25, -0.2) is 4.99 Å². The number of halogens is 1. The number of phenols is 1. The van der Waals surface area contributed by atoms with Crippen LogP contribution in [0.5, 0.6) is 5.75 Å². The molecule has 3 N–H and O–H groups in total. The number of phenolic OH excluding ortho intramolecular Hbond substituents is 1. The minimum atomic E-state index is 0. The molecule has 2 aliphatic rings. The average Bonchev–Trinajstić information content (AvgIpc) is 3.29. The van der Waals surface area contributed by atoms with Gasteiger partial charge in [-0.15, -0.1) is 24.0 Å². The van der Waals surface area contributed by atoms with Gasteiger partial charge in [0.25, 0.3) is 0 Å². The number of rotatable bonds is 5. The summed E-state index contributed by atoms with van der Waals surface area (Å²) in [5.41, 5.74) is 2.96. The molecule has 2 fully saturated rings. The molecule has 1 aromatic rings. The zero-order chi connectivity index (χ0) is 18.5. The Morgan fingerprint density at radius 2 is 1.85 bits per heavy atom. The molecule has 0 spiro atoms. The van der Waals surface area contributed by atoms with Crippen molar-refractivity contribution in [3.63, 3.8) is 0 Å². The Balaban J connectivity index is 0.00000261. The summed E-state index contributed by atoms with van der Waals surface area (Å²) in [5, 5.41) is 16.9. The highest BCUT2D eigenvalue weighted by Crippen LogP contribution is 2.26. The number of aryl methyl sites for hydroxylation is 2. The van der Waals surface area contributed by atoms with Crippen LogP contribution in [-0.4, -0.2) is 47.7 Å². The minimum absolute atomic E-state index is 0. The van der Waals surface area contributed by atoms with Crippen LogP contribution in [0.2, 0.25) is 0 Å². The summed E-state index contributed by atoms with van der Waals surface area (Å²) in [6.07, 6.45) is 6.74. The SMILES string of the molecule is CCNC(=NCc1cc(C)c(O)c(C)c1)NC1CCN(C2CCCC2)C1.I. The smallest absolute Gasteiger partial charge is 0.191 e. The van der Waals surface area contributed by atoms with E-state index in [1.807, 2.05) is 26.0 Å². The molecule has 0 bridgehead atoms. The third-order valence-corrected chi connectivity index (χ3v) is 5.72. The first kappa shape index (κ1) is 22.3. The molecule has 6 heteroatoms. The highest BCUT2D eigenvalue weighted by atomic mass is 127. The quantitative estimate of drug-likeness (QED) is 0.338. The first-order valence-electron chi connectivity index (χ1n) is 10.1. The third-order valence-electron chi connectivity index (χ3n) is 5.72. The topological polar surface area (TPSA) is 59.9 Å². The molecule has 3 rings (SSSR count). The van der Waals surface area contributed by atoms with Crippen LogP contribution >= 0.6 is 24.0 Å². The second-order valence-corrected chi connectivity index (χ2v) is 7.84. The summed E-state index contributed by atoms with van der Waals surface area (Å²) in [7, 11) is 0. The number of benzene rings is 1. The van der Waals surface area contributed by atoms with Crippen molar-refractivity contribution < 1.29 is 5.11 Å². The molecule has 1 unspecified atom stereocenters. The van der Waals surface area contributed by atoms with Crippen molar-refractivity contribution in [3.05, 3.63) is 28.8 Å². The van der Waals surface area contributed by atoms with Gasteiger partial charge in [0.1, 0.15) is 5.75 Å². The summed E-state index contributed by atoms with van der Waals surface area (Å²) in [4.78, 5) is 7.44. The normalized spacial score (nSPS) is 21.3. The Bertz CT molecular complexity index is 620. The largest absolute Gasteiger partial charge is 0.507 e. The zero-order valence-corrected chi connectivity index (χ0v) is 19.3. The van der Waals surface area contributed by atoms with E-state index >= 15 is 0 Å². The predicted molar refractivity (Wildman–Crippen MR) is 123 cm³/mol. The fourth-order valence-electron chi connectivity index (χ4n) is 4.33. The Labute approximate surface area is 181 Å². The van der Waals surface area contributed by atoms with Gasteiger partial charge in [0.15, 0.2) is 5.96 Å². The molecular formula is C21H35IN4O. The van der Waals surface area contributed by atoms with Crippen molar-refractivity contribution in [2.45, 2.75) is 71.5 Å². The van der Waals surface area contributed by atoms with E-state index in [1.54, 1.807) is 0 Å². The molecule has 0 amide bonds. The lowest BCUT2D eigenvalue weighted by molar-refractivity contribution is 0.242. The van der Waals surface area contributed by atoms with Crippen LogP contribution in [0.4, 0.5) is 0 Å². The summed E-state index contributed by atoms with van der Waals surface area (Å²) in [6.45, 7) is 9.80. The van der Waals surface area contributed by atoms with E-state index in [9.17, 15) is 5.11 Å². The lowest BCUT2D eigenvalue weighted by atomic mass is 10.1. The van der Waals surface area contributed by atoms with Crippen molar-refractivity contribution in [2.75, 3.05) is 19.6 Å². The van der Waals surface area contributed by atoms with Crippen molar-refractivity contribution in [2.24, 2.45) is 4.99 Å². The molecule has 1 heterocycles. The molecule has 152 valence electrons. The third kappa shape index (κ3) is 5.98. The molecule has 1 atom stereocenters. The Morgan fingerprint density at radius 3 is 2.48 bits per heavy atom. The van der Waals surface area contributed by atoms with Gasteiger partial charge < -0.3 is 15.7 Å². The van der Waals surface area contributed by atoms with E-state index in [0.717, 1.165) is 41.8 Å². The van der Waals surface area contributed by atoms with E-state index in [4.69, 9.17) is 4.99 Å². The van der Waals surface area contributed by atoms with Crippen LogP contribution in [0.3, 0.4) is 0 Å². The van der Waals surface area contributed by atoms with Gasteiger partial charge in [-0.05, 0) is 56.7 Å². The second kappa shape index (κ2) is 10.5. The summed E-state index contributed by atoms with van der Waals surface area (Å²) in [5.74, 6) is 1.29. The monoisotopic (exact) mass is 486 g/mol. The number of aromatic hydroxyl groups is 1. The van der Waals surface area contributed by atoms with Crippen LogP contribution in [-0.2, 0) is 6.54 Å². The van der Waals surface area contributed by atoms with Crippen molar-refractivity contribution in [1.29, 1.82) is 0 Å². The van der Waals surface area contributed by atoms with Gasteiger partial charge in [-0.3, -0.25) is 4.90 Å². The molecule has 5 nitrogen and oxygen atoms in total. The van der Waals surface area contributed by atoms with Crippen LogP contribution in [0, 0.1) is 13.8 Å². The van der Waals surface area contributed by atoms with Gasteiger partial charge >= 0.3 is 0 Å². The minimum Gasteiger partial charge on any atom is -0.507 e. The lowest BCUT2D eigenvalue weighted by Gasteiger charge is -2.24. The number of hydrogen-bond donors (Lipinski definition) is 3. The fourth-order valence-corrected chi connectivity index (χ4v) is 4.33. The predicted octanol–water partition coefficient (Wildman–Crippen LogP) is 3.70. The molecule has 1 saturated carbocycles. The molecule has 0 radical (unpaired) electrons. The Hall–Kier alpha value is -1.02.